The van der Waals surface area contributed by atoms with Gasteiger partial charge in [-0.1, -0.05) is 35.9 Å². The predicted octanol–water partition coefficient (Wildman–Crippen LogP) is 2.40. The van der Waals surface area contributed by atoms with Crippen LogP contribution in [0.4, 0.5) is 0 Å². The van der Waals surface area contributed by atoms with E-state index in [1.54, 1.807) is 6.33 Å². The van der Waals surface area contributed by atoms with Gasteiger partial charge in [0.1, 0.15) is 0 Å². The molecular formula is C17H17N3O. The molecule has 1 unspecified atom stereocenters. The Morgan fingerprint density at radius 3 is 2.95 bits per heavy atom. The number of hydrogen-bond donors (Lipinski definition) is 1. The summed E-state index contributed by atoms with van der Waals surface area (Å²) in [5, 5.41) is 0. The van der Waals surface area contributed by atoms with Gasteiger partial charge in [0.15, 0.2) is 0 Å². The van der Waals surface area contributed by atoms with E-state index in [1.165, 1.54) is 16.7 Å². The van der Waals surface area contributed by atoms with Crippen LogP contribution in [0.25, 0.3) is 5.57 Å². The summed E-state index contributed by atoms with van der Waals surface area (Å²) >= 11 is 0. The second kappa shape index (κ2) is 4.58. The third-order valence-electron chi connectivity index (χ3n) is 4.48. The minimum atomic E-state index is -0.0168. The number of nitrogens with zero attached hydrogens (tertiary/aromatic N) is 2. The monoisotopic (exact) mass is 279 g/mol. The zero-order chi connectivity index (χ0) is 14.4. The molecule has 1 aromatic heterocycles. The molecular weight excluding hydrogens is 262 g/mol. The normalized spacial score (nSPS) is 20.4. The van der Waals surface area contributed by atoms with Gasteiger partial charge < -0.3 is 9.88 Å². The second-order valence-corrected chi connectivity index (χ2v) is 5.73. The van der Waals surface area contributed by atoms with E-state index in [1.807, 2.05) is 23.1 Å². The maximum Gasteiger partial charge on any atom is 0.234 e. The van der Waals surface area contributed by atoms with E-state index in [-0.39, 0.29) is 11.8 Å². The summed E-state index contributed by atoms with van der Waals surface area (Å²) in [5.74, 6) is 0.212. The molecule has 4 heteroatoms. The Labute approximate surface area is 123 Å². The van der Waals surface area contributed by atoms with Crippen LogP contribution in [0, 0.1) is 5.92 Å². The lowest BCUT2D eigenvalue weighted by atomic mass is 10.1. The smallest absolute Gasteiger partial charge is 0.234 e. The zero-order valence-corrected chi connectivity index (χ0v) is 12.0. The van der Waals surface area contributed by atoms with Gasteiger partial charge in [0.05, 0.1) is 30.2 Å². The first-order chi connectivity index (χ1) is 10.3. The van der Waals surface area contributed by atoms with Gasteiger partial charge in [-0.3, -0.25) is 4.79 Å². The Hall–Kier alpha value is -2.36. The molecule has 4 nitrogen and oxygen atoms in total. The van der Waals surface area contributed by atoms with Crippen LogP contribution in [0.3, 0.4) is 0 Å². The van der Waals surface area contributed by atoms with E-state index in [0.29, 0.717) is 6.54 Å². The van der Waals surface area contributed by atoms with Crippen molar-refractivity contribution in [2.45, 2.75) is 19.9 Å². The Morgan fingerprint density at radius 1 is 1.33 bits per heavy atom. The minimum absolute atomic E-state index is 0.0168. The number of fused-ring (bicyclic) bond motifs is 1. The lowest BCUT2D eigenvalue weighted by Gasteiger charge is -2.26. The number of benzene rings is 1. The molecule has 1 aliphatic heterocycles. The number of aromatic amines is 1. The summed E-state index contributed by atoms with van der Waals surface area (Å²) in [6, 6.07) is 10.2. The second-order valence-electron chi connectivity index (χ2n) is 5.73. The average Bonchev–Trinajstić information content (AvgIpc) is 2.97. The number of hydrogen-bond acceptors (Lipinski definition) is 2. The molecule has 1 aromatic carbocycles. The van der Waals surface area contributed by atoms with Crippen molar-refractivity contribution in [3.8, 4) is 0 Å². The lowest BCUT2D eigenvalue weighted by molar-refractivity contribution is -0.132. The number of rotatable bonds is 2. The van der Waals surface area contributed by atoms with Crippen LogP contribution in [0.15, 0.2) is 42.2 Å². The lowest BCUT2D eigenvalue weighted by Crippen LogP contribution is -2.37. The van der Waals surface area contributed by atoms with Crippen LogP contribution in [0.1, 0.15) is 23.9 Å². The van der Waals surface area contributed by atoms with E-state index >= 15 is 0 Å². The zero-order valence-electron chi connectivity index (χ0n) is 12.0. The Morgan fingerprint density at radius 2 is 2.14 bits per heavy atom. The number of aromatic nitrogens is 2. The maximum atomic E-state index is 12.7. The Bertz CT molecular complexity index is 730. The van der Waals surface area contributed by atoms with Crippen molar-refractivity contribution in [2.24, 2.45) is 5.92 Å². The maximum absolute atomic E-state index is 12.7. The van der Waals surface area contributed by atoms with Crippen LogP contribution in [0.5, 0.6) is 0 Å². The first-order valence-electron chi connectivity index (χ1n) is 7.31. The highest BCUT2D eigenvalue weighted by Gasteiger charge is 2.42. The third-order valence-corrected chi connectivity index (χ3v) is 4.48. The number of H-pyrrole nitrogens is 1. The summed E-state index contributed by atoms with van der Waals surface area (Å²) in [6.07, 6.45) is 2.56. The number of imidazole rings is 1. The summed E-state index contributed by atoms with van der Waals surface area (Å²) in [4.78, 5) is 22.1. The molecule has 106 valence electrons. The molecule has 0 radical (unpaired) electrons. The van der Waals surface area contributed by atoms with Crippen LogP contribution >= 0.6 is 0 Å². The van der Waals surface area contributed by atoms with Crippen LogP contribution in [-0.4, -0.2) is 27.3 Å². The van der Waals surface area contributed by atoms with Crippen molar-refractivity contribution in [3.63, 3.8) is 0 Å². The molecule has 2 aliphatic rings. The number of carbonyl (C=O) groups is 1. The molecule has 0 fully saturated rings. The highest BCUT2D eigenvalue weighted by atomic mass is 16.2. The minimum Gasteiger partial charge on any atom is -0.347 e. The fraction of sp³-hybridized carbons (Fsp3) is 0.294. The highest BCUT2D eigenvalue weighted by Crippen LogP contribution is 2.47. The van der Waals surface area contributed by atoms with Gasteiger partial charge in [-0.15, -0.1) is 0 Å². The summed E-state index contributed by atoms with van der Waals surface area (Å²) in [6.45, 7) is 3.49. The quantitative estimate of drug-likeness (QED) is 0.917. The van der Waals surface area contributed by atoms with Crippen LogP contribution in [-0.2, 0) is 17.8 Å². The van der Waals surface area contributed by atoms with Gasteiger partial charge in [-0.05, 0) is 18.1 Å². The van der Waals surface area contributed by atoms with Crippen molar-refractivity contribution in [1.82, 2.24) is 14.9 Å². The van der Waals surface area contributed by atoms with Crippen LogP contribution in [0.2, 0.25) is 0 Å². The molecule has 4 rings (SSSR count). The van der Waals surface area contributed by atoms with Gasteiger partial charge in [0.2, 0.25) is 5.91 Å². The summed E-state index contributed by atoms with van der Waals surface area (Å²) < 4.78 is 0. The van der Waals surface area contributed by atoms with Gasteiger partial charge in [0.25, 0.3) is 0 Å². The number of amides is 1. The molecule has 1 atom stereocenters. The largest absolute Gasteiger partial charge is 0.347 e. The number of carbonyl (C=O) groups excluding carboxylic acids is 1. The standard InChI is InChI=1S/C17H17N3O/c1-11-15(12-5-3-2-4-6-12)16(11)17(21)20-8-7-13-14(9-20)19-10-18-13/h2-6,10,16H,7-9H2,1H3,(H,18,19). The number of nitrogens with one attached hydrogen (secondary N) is 1. The highest BCUT2D eigenvalue weighted by molar-refractivity contribution is 6.05. The van der Waals surface area contributed by atoms with Crippen molar-refractivity contribution in [2.75, 3.05) is 6.54 Å². The molecule has 0 bridgehead atoms. The van der Waals surface area contributed by atoms with Crippen molar-refractivity contribution in [1.29, 1.82) is 0 Å². The summed E-state index contributed by atoms with van der Waals surface area (Å²) in [7, 11) is 0. The molecule has 1 aliphatic carbocycles. The molecule has 21 heavy (non-hydrogen) atoms. The fourth-order valence-corrected chi connectivity index (χ4v) is 3.23. The first kappa shape index (κ1) is 12.4. The molecule has 1 amide bonds. The van der Waals surface area contributed by atoms with Gasteiger partial charge in [-0.25, -0.2) is 4.98 Å². The van der Waals surface area contributed by atoms with Crippen LogP contribution < -0.4 is 0 Å². The van der Waals surface area contributed by atoms with Crippen molar-refractivity contribution >= 4 is 11.5 Å². The third kappa shape index (κ3) is 1.98. The molecule has 2 heterocycles. The molecule has 2 aromatic rings. The van der Waals surface area contributed by atoms with E-state index in [0.717, 1.165) is 24.4 Å². The topological polar surface area (TPSA) is 49.0 Å². The predicted molar refractivity (Wildman–Crippen MR) is 80.2 cm³/mol. The van der Waals surface area contributed by atoms with E-state index in [9.17, 15) is 4.79 Å². The first-order valence-corrected chi connectivity index (χ1v) is 7.31. The van der Waals surface area contributed by atoms with Gasteiger partial charge in [0, 0.05) is 13.0 Å². The van der Waals surface area contributed by atoms with E-state index in [4.69, 9.17) is 0 Å². The summed E-state index contributed by atoms with van der Waals surface area (Å²) in [5.41, 5.74) is 5.77. The van der Waals surface area contributed by atoms with Crippen molar-refractivity contribution in [3.05, 3.63) is 59.2 Å². The Balaban J connectivity index is 1.51. The fourth-order valence-electron chi connectivity index (χ4n) is 3.23. The molecule has 0 spiro atoms. The average molecular weight is 279 g/mol. The van der Waals surface area contributed by atoms with Gasteiger partial charge in [-0.2, -0.15) is 0 Å². The van der Waals surface area contributed by atoms with E-state index < -0.39 is 0 Å². The SMILES string of the molecule is CC1=C(c2ccccc2)C1C(=O)N1CCc2nc[nH]c2C1. The Kier molecular flexibility index (Phi) is 2.70. The molecule has 0 saturated carbocycles. The van der Waals surface area contributed by atoms with E-state index in [2.05, 4.69) is 29.0 Å². The molecule has 0 saturated heterocycles. The van der Waals surface area contributed by atoms with Gasteiger partial charge >= 0.3 is 0 Å². The molecule has 1 N–H and O–H groups in total. The van der Waals surface area contributed by atoms with Crippen molar-refractivity contribution < 1.29 is 4.79 Å².